The highest BCUT2D eigenvalue weighted by Gasteiger charge is 2.15. The third kappa shape index (κ3) is 6.40. The monoisotopic (exact) mass is 279 g/mol. The molecule has 0 fully saturated rings. The Hall–Kier alpha value is -1.06. The highest BCUT2D eigenvalue weighted by atomic mass is 16.5. The van der Waals surface area contributed by atoms with Crippen molar-refractivity contribution in [2.45, 2.75) is 40.7 Å². The molecule has 1 atom stereocenters. The van der Waals surface area contributed by atoms with Gasteiger partial charge in [0.15, 0.2) is 0 Å². The van der Waals surface area contributed by atoms with Gasteiger partial charge in [0.1, 0.15) is 12.4 Å². The summed E-state index contributed by atoms with van der Waals surface area (Å²) < 4.78 is 11.1. The molecule has 1 aromatic carbocycles. The zero-order valence-corrected chi connectivity index (χ0v) is 13.5. The highest BCUT2D eigenvalue weighted by Crippen LogP contribution is 2.25. The number of hydrogen-bond acceptors (Lipinski definition) is 3. The normalized spacial score (nSPS) is 13.2. The molecule has 1 N–H and O–H groups in total. The average molecular weight is 279 g/mol. The summed E-state index contributed by atoms with van der Waals surface area (Å²) in [6.45, 7) is 13.8. The molecule has 1 rings (SSSR count). The van der Waals surface area contributed by atoms with E-state index in [9.17, 15) is 0 Å². The Bertz CT molecular complexity index is 385. The van der Waals surface area contributed by atoms with E-state index < -0.39 is 0 Å². The Morgan fingerprint density at radius 1 is 1.15 bits per heavy atom. The van der Waals surface area contributed by atoms with E-state index in [0.717, 1.165) is 18.9 Å². The van der Waals surface area contributed by atoms with Gasteiger partial charge in [0.25, 0.3) is 0 Å². The molecule has 114 valence electrons. The van der Waals surface area contributed by atoms with Crippen LogP contribution in [0.5, 0.6) is 5.75 Å². The number of rotatable bonds is 8. The molecule has 0 amide bonds. The Labute approximate surface area is 123 Å². The molecule has 0 aromatic heterocycles. The van der Waals surface area contributed by atoms with Crippen molar-refractivity contribution in [2.24, 2.45) is 5.41 Å². The maximum atomic E-state index is 5.83. The van der Waals surface area contributed by atoms with Crippen LogP contribution >= 0.6 is 0 Å². The molecule has 0 bridgehead atoms. The van der Waals surface area contributed by atoms with Crippen LogP contribution in [0.3, 0.4) is 0 Å². The molecule has 0 spiro atoms. The van der Waals surface area contributed by atoms with Gasteiger partial charge in [0.05, 0.1) is 6.61 Å². The zero-order valence-electron chi connectivity index (χ0n) is 13.5. The lowest BCUT2D eigenvalue weighted by atomic mass is 9.96. The van der Waals surface area contributed by atoms with Crippen molar-refractivity contribution in [3.05, 3.63) is 29.8 Å². The lowest BCUT2D eigenvalue weighted by Gasteiger charge is -2.24. The fraction of sp³-hybridized carbons (Fsp3) is 0.647. The van der Waals surface area contributed by atoms with Crippen molar-refractivity contribution in [3.63, 3.8) is 0 Å². The van der Waals surface area contributed by atoms with E-state index in [0.29, 0.717) is 13.2 Å². The largest absolute Gasteiger partial charge is 0.491 e. The maximum absolute atomic E-state index is 5.83. The summed E-state index contributed by atoms with van der Waals surface area (Å²) >= 11 is 0. The Morgan fingerprint density at radius 2 is 1.85 bits per heavy atom. The second-order valence-corrected chi connectivity index (χ2v) is 6.25. The van der Waals surface area contributed by atoms with Crippen molar-refractivity contribution < 1.29 is 9.47 Å². The van der Waals surface area contributed by atoms with Crippen LogP contribution in [0.4, 0.5) is 0 Å². The molecule has 3 heteroatoms. The number of benzene rings is 1. The molecule has 0 radical (unpaired) electrons. The van der Waals surface area contributed by atoms with E-state index in [-0.39, 0.29) is 11.5 Å². The van der Waals surface area contributed by atoms with Crippen LogP contribution < -0.4 is 10.1 Å². The number of hydrogen-bond donors (Lipinski definition) is 1. The first-order valence-electron chi connectivity index (χ1n) is 7.47. The third-order valence-corrected chi connectivity index (χ3v) is 3.01. The molecule has 3 nitrogen and oxygen atoms in total. The van der Waals surface area contributed by atoms with E-state index >= 15 is 0 Å². The smallest absolute Gasteiger partial charge is 0.124 e. The first kappa shape index (κ1) is 17.0. The van der Waals surface area contributed by atoms with Gasteiger partial charge in [0, 0.05) is 24.8 Å². The Morgan fingerprint density at radius 3 is 2.50 bits per heavy atom. The summed E-state index contributed by atoms with van der Waals surface area (Å²) in [6, 6.07) is 8.49. The van der Waals surface area contributed by atoms with E-state index in [1.54, 1.807) is 0 Å². The number of ether oxygens (including phenoxy) is 2. The highest BCUT2D eigenvalue weighted by molar-refractivity contribution is 5.35. The molecule has 0 aliphatic rings. The minimum Gasteiger partial charge on any atom is -0.491 e. The van der Waals surface area contributed by atoms with Crippen LogP contribution in [0.2, 0.25) is 0 Å². The maximum Gasteiger partial charge on any atom is 0.124 e. The quantitative estimate of drug-likeness (QED) is 0.734. The number of nitrogens with one attached hydrogen (secondary N) is 1. The van der Waals surface area contributed by atoms with Crippen LogP contribution in [-0.2, 0) is 4.74 Å². The number of para-hydroxylation sites is 1. The summed E-state index contributed by atoms with van der Waals surface area (Å²) in [5.41, 5.74) is 1.48. The van der Waals surface area contributed by atoms with Crippen molar-refractivity contribution in [1.82, 2.24) is 5.32 Å². The predicted octanol–water partition coefficient (Wildman–Crippen LogP) is 3.80. The standard InChI is InChI=1S/C17H29NO2/c1-6-19-11-12-20-16-10-8-7-9-15(16)14(2)18-13-17(3,4)5/h7-10,14,18H,6,11-13H2,1-5H3. The predicted molar refractivity (Wildman–Crippen MR) is 84.3 cm³/mol. The zero-order chi connectivity index (χ0) is 15.0. The fourth-order valence-corrected chi connectivity index (χ4v) is 1.89. The molecule has 0 aliphatic heterocycles. The van der Waals surface area contributed by atoms with Crippen LogP contribution in [-0.4, -0.2) is 26.4 Å². The van der Waals surface area contributed by atoms with E-state index in [4.69, 9.17) is 9.47 Å². The Balaban J connectivity index is 2.59. The lowest BCUT2D eigenvalue weighted by Crippen LogP contribution is -2.29. The topological polar surface area (TPSA) is 30.5 Å². The Kier molecular flexibility index (Phi) is 7.03. The van der Waals surface area contributed by atoms with Gasteiger partial charge in [-0.2, -0.15) is 0 Å². The average Bonchev–Trinajstić information content (AvgIpc) is 2.40. The first-order valence-corrected chi connectivity index (χ1v) is 7.47. The molecule has 20 heavy (non-hydrogen) atoms. The SMILES string of the molecule is CCOCCOc1ccccc1C(C)NCC(C)(C)C. The molecule has 0 heterocycles. The van der Waals surface area contributed by atoms with Crippen molar-refractivity contribution in [2.75, 3.05) is 26.4 Å². The molecule has 0 saturated heterocycles. The van der Waals surface area contributed by atoms with E-state index in [1.807, 2.05) is 19.1 Å². The van der Waals surface area contributed by atoms with Crippen molar-refractivity contribution in [1.29, 1.82) is 0 Å². The molecule has 0 saturated carbocycles. The van der Waals surface area contributed by atoms with Gasteiger partial charge >= 0.3 is 0 Å². The van der Waals surface area contributed by atoms with Gasteiger partial charge in [-0.1, -0.05) is 39.0 Å². The van der Waals surface area contributed by atoms with Gasteiger partial charge in [0.2, 0.25) is 0 Å². The van der Waals surface area contributed by atoms with Crippen molar-refractivity contribution in [3.8, 4) is 5.75 Å². The van der Waals surface area contributed by atoms with Gasteiger partial charge in [-0.05, 0) is 25.3 Å². The van der Waals surface area contributed by atoms with Crippen LogP contribution in [0.15, 0.2) is 24.3 Å². The van der Waals surface area contributed by atoms with Crippen LogP contribution in [0, 0.1) is 5.41 Å². The molecular formula is C17H29NO2. The van der Waals surface area contributed by atoms with Crippen molar-refractivity contribution >= 4 is 0 Å². The molecule has 0 aliphatic carbocycles. The second-order valence-electron chi connectivity index (χ2n) is 6.25. The molecule has 1 unspecified atom stereocenters. The summed E-state index contributed by atoms with van der Waals surface area (Å²) in [7, 11) is 0. The van der Waals surface area contributed by atoms with Gasteiger partial charge in [-0.3, -0.25) is 0 Å². The van der Waals surface area contributed by atoms with Crippen LogP contribution in [0.1, 0.15) is 46.2 Å². The van der Waals surface area contributed by atoms with Crippen LogP contribution in [0.25, 0.3) is 0 Å². The molecular weight excluding hydrogens is 250 g/mol. The molecule has 1 aromatic rings. The summed E-state index contributed by atoms with van der Waals surface area (Å²) in [5, 5.41) is 3.57. The van der Waals surface area contributed by atoms with Gasteiger partial charge < -0.3 is 14.8 Å². The minimum atomic E-state index is 0.275. The lowest BCUT2D eigenvalue weighted by molar-refractivity contribution is 0.109. The summed E-state index contributed by atoms with van der Waals surface area (Å²) in [6.07, 6.45) is 0. The first-order chi connectivity index (χ1) is 9.44. The van der Waals surface area contributed by atoms with Gasteiger partial charge in [-0.15, -0.1) is 0 Å². The minimum absolute atomic E-state index is 0.275. The fourth-order valence-electron chi connectivity index (χ4n) is 1.89. The van der Waals surface area contributed by atoms with Gasteiger partial charge in [-0.25, -0.2) is 0 Å². The second kappa shape index (κ2) is 8.28. The summed E-state index contributed by atoms with van der Waals surface area (Å²) in [5.74, 6) is 0.945. The van der Waals surface area contributed by atoms with E-state index in [1.165, 1.54) is 5.56 Å². The summed E-state index contributed by atoms with van der Waals surface area (Å²) in [4.78, 5) is 0. The third-order valence-electron chi connectivity index (χ3n) is 3.01. The van der Waals surface area contributed by atoms with E-state index in [2.05, 4.69) is 45.1 Å².